The molecule has 1 N–H and O–H groups in total. The average molecular weight is 249 g/mol. The third-order valence-electron chi connectivity index (χ3n) is 1.86. The van der Waals surface area contributed by atoms with Crippen LogP contribution in [0.2, 0.25) is 5.28 Å². The Kier molecular flexibility index (Phi) is 3.52. The molecule has 0 aromatic carbocycles. The Labute approximate surface area is 103 Å². The van der Waals surface area contributed by atoms with E-state index in [1.807, 2.05) is 0 Å². The van der Waals surface area contributed by atoms with Crippen LogP contribution in [0.25, 0.3) is 5.95 Å². The maximum absolute atomic E-state index is 5.80. The molecule has 0 aliphatic rings. The first-order valence-corrected chi connectivity index (χ1v) is 5.26. The number of halogens is 1. The van der Waals surface area contributed by atoms with Crippen molar-refractivity contribution >= 4 is 17.5 Å². The molecule has 0 bridgehead atoms. The molecule has 2 rings (SSSR count). The minimum absolute atomic E-state index is 0.105. The number of nitrogens with one attached hydrogen (secondary N) is 1. The second-order valence-corrected chi connectivity index (χ2v) is 3.40. The molecule has 0 spiro atoms. The molecular formula is C10H9ClN6. The van der Waals surface area contributed by atoms with Gasteiger partial charge >= 0.3 is 0 Å². The lowest BCUT2D eigenvalue weighted by Gasteiger charge is -2.04. The Morgan fingerprint density at radius 2 is 2.29 bits per heavy atom. The molecule has 17 heavy (non-hydrogen) atoms. The van der Waals surface area contributed by atoms with E-state index in [1.54, 1.807) is 18.5 Å². The van der Waals surface area contributed by atoms with Gasteiger partial charge in [-0.25, -0.2) is 4.68 Å². The summed E-state index contributed by atoms with van der Waals surface area (Å²) in [6.07, 6.45) is 9.08. The molecule has 0 unspecified atom stereocenters. The zero-order valence-electron chi connectivity index (χ0n) is 8.84. The van der Waals surface area contributed by atoms with Crippen molar-refractivity contribution in [1.82, 2.24) is 24.7 Å². The molecule has 7 heteroatoms. The van der Waals surface area contributed by atoms with E-state index in [4.69, 9.17) is 18.0 Å². The maximum Gasteiger partial charge on any atom is 0.256 e. The first-order valence-electron chi connectivity index (χ1n) is 4.88. The summed E-state index contributed by atoms with van der Waals surface area (Å²) in [6.45, 7) is 0.579. The van der Waals surface area contributed by atoms with Crippen LogP contribution in [0.4, 0.5) is 5.95 Å². The SMILES string of the molecule is C#CCCNc1nc(Cl)nc(-n2cccn2)n1. The van der Waals surface area contributed by atoms with Gasteiger partial charge in [-0.05, 0) is 17.7 Å². The molecule has 0 atom stereocenters. The summed E-state index contributed by atoms with van der Waals surface area (Å²) in [7, 11) is 0. The number of nitrogens with zero attached hydrogens (tertiary/aromatic N) is 5. The minimum Gasteiger partial charge on any atom is -0.353 e. The molecule has 0 radical (unpaired) electrons. The first kappa shape index (κ1) is 11.4. The molecule has 86 valence electrons. The topological polar surface area (TPSA) is 68.5 Å². The van der Waals surface area contributed by atoms with Crippen LogP contribution in [0, 0.1) is 12.3 Å². The maximum atomic E-state index is 5.80. The molecule has 6 nitrogen and oxygen atoms in total. The third-order valence-corrected chi connectivity index (χ3v) is 2.03. The lowest BCUT2D eigenvalue weighted by Crippen LogP contribution is -2.10. The fourth-order valence-corrected chi connectivity index (χ4v) is 1.31. The van der Waals surface area contributed by atoms with E-state index in [9.17, 15) is 0 Å². The summed E-state index contributed by atoms with van der Waals surface area (Å²) in [5.74, 6) is 3.25. The lowest BCUT2D eigenvalue weighted by atomic mass is 10.4. The van der Waals surface area contributed by atoms with Gasteiger partial charge < -0.3 is 5.32 Å². The van der Waals surface area contributed by atoms with E-state index in [-0.39, 0.29) is 5.28 Å². The number of terminal acetylenes is 1. The molecule has 2 aromatic rings. The summed E-state index contributed by atoms with van der Waals surface area (Å²) in [4.78, 5) is 12.1. The van der Waals surface area contributed by atoms with Gasteiger partial charge in [0.15, 0.2) is 0 Å². The van der Waals surface area contributed by atoms with Crippen LogP contribution in [0.15, 0.2) is 18.5 Å². The highest BCUT2D eigenvalue weighted by atomic mass is 35.5. The number of aromatic nitrogens is 5. The Hall–Kier alpha value is -2.13. The summed E-state index contributed by atoms with van der Waals surface area (Å²) in [6, 6.07) is 1.77. The molecule has 2 aromatic heterocycles. The van der Waals surface area contributed by atoms with Crippen LogP contribution < -0.4 is 5.32 Å². The Bertz CT molecular complexity index is 530. The number of anilines is 1. The fraction of sp³-hybridized carbons (Fsp3) is 0.200. The van der Waals surface area contributed by atoms with Gasteiger partial charge in [0.25, 0.3) is 5.95 Å². The van der Waals surface area contributed by atoms with E-state index >= 15 is 0 Å². The minimum atomic E-state index is 0.105. The van der Waals surface area contributed by atoms with Crippen molar-refractivity contribution in [3.05, 3.63) is 23.7 Å². The van der Waals surface area contributed by atoms with E-state index in [1.165, 1.54) is 4.68 Å². The summed E-state index contributed by atoms with van der Waals surface area (Å²) in [5, 5.41) is 7.07. The average Bonchev–Trinajstić information content (AvgIpc) is 2.82. The van der Waals surface area contributed by atoms with Crippen LogP contribution in [-0.4, -0.2) is 31.3 Å². The Morgan fingerprint density at radius 1 is 1.41 bits per heavy atom. The predicted octanol–water partition coefficient (Wildman–Crippen LogP) is 1.15. The fourth-order valence-electron chi connectivity index (χ4n) is 1.15. The zero-order chi connectivity index (χ0) is 12.1. The number of hydrogen-bond acceptors (Lipinski definition) is 5. The van der Waals surface area contributed by atoms with Crippen molar-refractivity contribution in [2.45, 2.75) is 6.42 Å². The molecule has 0 aliphatic carbocycles. The van der Waals surface area contributed by atoms with Crippen LogP contribution >= 0.6 is 11.6 Å². The van der Waals surface area contributed by atoms with Gasteiger partial charge in [0.1, 0.15) is 0 Å². The van der Waals surface area contributed by atoms with Crippen LogP contribution in [0.5, 0.6) is 0 Å². The van der Waals surface area contributed by atoms with Crippen molar-refractivity contribution in [2.24, 2.45) is 0 Å². The summed E-state index contributed by atoms with van der Waals surface area (Å²) < 4.78 is 1.50. The largest absolute Gasteiger partial charge is 0.353 e. The highest BCUT2D eigenvalue weighted by Gasteiger charge is 2.06. The third kappa shape index (κ3) is 2.92. The second kappa shape index (κ2) is 5.27. The molecule has 0 aliphatic heterocycles. The quantitative estimate of drug-likeness (QED) is 0.649. The highest BCUT2D eigenvalue weighted by Crippen LogP contribution is 2.08. The smallest absolute Gasteiger partial charge is 0.256 e. The number of rotatable bonds is 4. The van der Waals surface area contributed by atoms with Crippen molar-refractivity contribution in [2.75, 3.05) is 11.9 Å². The van der Waals surface area contributed by atoms with Gasteiger partial charge in [-0.3, -0.25) is 0 Å². The van der Waals surface area contributed by atoms with Gasteiger partial charge in [0.05, 0.1) is 0 Å². The van der Waals surface area contributed by atoms with E-state index < -0.39 is 0 Å². The predicted molar refractivity (Wildman–Crippen MR) is 63.9 cm³/mol. The van der Waals surface area contributed by atoms with Crippen molar-refractivity contribution in [3.8, 4) is 18.3 Å². The highest BCUT2D eigenvalue weighted by molar-refractivity contribution is 6.28. The van der Waals surface area contributed by atoms with E-state index in [2.05, 4.69) is 31.3 Å². The van der Waals surface area contributed by atoms with Gasteiger partial charge in [-0.2, -0.15) is 20.1 Å². The normalized spacial score (nSPS) is 9.88. The van der Waals surface area contributed by atoms with Crippen molar-refractivity contribution < 1.29 is 0 Å². The van der Waals surface area contributed by atoms with Crippen molar-refractivity contribution in [3.63, 3.8) is 0 Å². The molecule has 0 amide bonds. The second-order valence-electron chi connectivity index (χ2n) is 3.06. The summed E-state index contributed by atoms with van der Waals surface area (Å²) >= 11 is 5.80. The van der Waals surface area contributed by atoms with Gasteiger partial charge in [-0.1, -0.05) is 0 Å². The molecule has 0 saturated heterocycles. The zero-order valence-corrected chi connectivity index (χ0v) is 9.59. The van der Waals surface area contributed by atoms with Crippen LogP contribution in [0.3, 0.4) is 0 Å². The molecule has 0 fully saturated rings. The Balaban J connectivity index is 2.21. The van der Waals surface area contributed by atoms with E-state index in [0.717, 1.165) is 0 Å². The summed E-state index contributed by atoms with van der Waals surface area (Å²) in [5.41, 5.74) is 0. The standard InChI is InChI=1S/C10H9ClN6/c1-2-3-5-12-9-14-8(11)15-10(16-9)17-7-4-6-13-17/h1,4,6-7H,3,5H2,(H,12,14,15,16). The van der Waals surface area contributed by atoms with Crippen LogP contribution in [-0.2, 0) is 0 Å². The van der Waals surface area contributed by atoms with Gasteiger partial charge in [-0.15, -0.1) is 12.3 Å². The van der Waals surface area contributed by atoms with Crippen LogP contribution in [0.1, 0.15) is 6.42 Å². The first-order chi connectivity index (χ1) is 8.29. The van der Waals surface area contributed by atoms with Gasteiger partial charge in [0, 0.05) is 25.4 Å². The molecule has 2 heterocycles. The molecular weight excluding hydrogens is 240 g/mol. The number of hydrogen-bond donors (Lipinski definition) is 1. The van der Waals surface area contributed by atoms with Crippen molar-refractivity contribution in [1.29, 1.82) is 0 Å². The monoisotopic (exact) mass is 248 g/mol. The van der Waals surface area contributed by atoms with E-state index in [0.29, 0.717) is 24.9 Å². The lowest BCUT2D eigenvalue weighted by molar-refractivity contribution is 0.795. The Morgan fingerprint density at radius 3 is 3.00 bits per heavy atom. The van der Waals surface area contributed by atoms with Gasteiger partial charge in [0.2, 0.25) is 11.2 Å². The molecule has 0 saturated carbocycles.